The van der Waals surface area contributed by atoms with Crippen LogP contribution >= 0.6 is 0 Å². The van der Waals surface area contributed by atoms with Crippen molar-refractivity contribution in [3.8, 4) is 0 Å². The molecule has 0 aromatic rings. The molecule has 0 unspecified atom stereocenters. The minimum Gasteiger partial charge on any atom is -0.459 e. The Morgan fingerprint density at radius 1 is 0.869 bits per heavy atom. The van der Waals surface area contributed by atoms with Crippen LogP contribution in [0.3, 0.4) is 0 Å². The van der Waals surface area contributed by atoms with Crippen LogP contribution in [0.5, 0.6) is 0 Å². The van der Waals surface area contributed by atoms with Gasteiger partial charge in [0.25, 0.3) is 0 Å². The fourth-order valence-electron chi connectivity index (χ4n) is 8.71. The molecule has 2 saturated heterocycles. The van der Waals surface area contributed by atoms with Gasteiger partial charge in [-0.1, -0.05) is 88.5 Å². The number of hydrogen-bond acceptors (Lipinski definition) is 11. The first-order valence-electron chi connectivity index (χ1n) is 22.9. The number of esters is 1. The van der Waals surface area contributed by atoms with E-state index in [0.717, 1.165) is 38.5 Å². The van der Waals surface area contributed by atoms with Crippen LogP contribution in [0.15, 0.2) is 60.8 Å². The first-order chi connectivity index (χ1) is 28.7. The van der Waals surface area contributed by atoms with Crippen LogP contribution in [0, 0.1) is 17.8 Å². The molecule has 0 aromatic carbocycles. The highest BCUT2D eigenvalue weighted by atomic mass is 16.7. The number of ether oxygens (including phenoxy) is 3. The van der Waals surface area contributed by atoms with Crippen LogP contribution in [0.1, 0.15) is 133 Å². The summed E-state index contributed by atoms with van der Waals surface area (Å²) >= 11 is 0. The van der Waals surface area contributed by atoms with E-state index >= 15 is 0 Å². The highest BCUT2D eigenvalue weighted by Crippen LogP contribution is 2.37. The fourth-order valence-corrected chi connectivity index (χ4v) is 8.71. The molecule has 0 aromatic heterocycles. The molecule has 0 bridgehead atoms. The molecular weight excluding hydrogens is 777 g/mol. The molecule has 1 amide bonds. The van der Waals surface area contributed by atoms with E-state index in [-0.39, 0.29) is 24.7 Å². The summed E-state index contributed by atoms with van der Waals surface area (Å²) in [4.78, 5) is 30.4. The third-order valence-electron chi connectivity index (χ3n) is 12.6. The molecular formula is C49H84N2O10. The molecule has 61 heavy (non-hydrogen) atoms. The van der Waals surface area contributed by atoms with Crippen LogP contribution < -0.4 is 0 Å². The summed E-state index contributed by atoms with van der Waals surface area (Å²) in [5, 5.41) is 58.5. The van der Waals surface area contributed by atoms with Crippen molar-refractivity contribution in [1.82, 2.24) is 9.80 Å². The summed E-state index contributed by atoms with van der Waals surface area (Å²) in [6.45, 7) is 16.1. The normalized spacial score (nSPS) is 36.9. The number of aliphatic hydroxyl groups excluding tert-OH is 3. The number of rotatable bonds is 17. The Morgan fingerprint density at radius 2 is 1.41 bits per heavy atom. The van der Waals surface area contributed by atoms with E-state index in [1.807, 2.05) is 25.8 Å². The molecule has 2 rings (SSSR count). The lowest BCUT2D eigenvalue weighted by atomic mass is 9.78. The number of carbonyl (C=O) groups is 2. The van der Waals surface area contributed by atoms with E-state index in [2.05, 4.69) is 67.7 Å². The zero-order valence-corrected chi connectivity index (χ0v) is 39.4. The van der Waals surface area contributed by atoms with Crippen molar-refractivity contribution in [2.45, 2.75) is 199 Å². The number of nitrogens with zero attached hydrogens (tertiary/aromatic N) is 2. The van der Waals surface area contributed by atoms with Crippen molar-refractivity contribution in [1.29, 1.82) is 0 Å². The molecule has 0 saturated carbocycles. The number of allylic oxidation sites excluding steroid dienone is 10. The zero-order valence-electron chi connectivity index (χ0n) is 39.4. The van der Waals surface area contributed by atoms with Crippen molar-refractivity contribution in [3.05, 3.63) is 60.8 Å². The van der Waals surface area contributed by atoms with Gasteiger partial charge >= 0.3 is 5.97 Å². The predicted octanol–water partition coefficient (Wildman–Crippen LogP) is 6.79. The highest BCUT2D eigenvalue weighted by molar-refractivity contribution is 5.76. The second-order valence-electron chi connectivity index (χ2n) is 18.3. The number of carbonyl (C=O) groups excluding carboxylic acids is 2. The molecule has 0 aliphatic carbocycles. The van der Waals surface area contributed by atoms with Gasteiger partial charge in [-0.15, -0.1) is 0 Å². The summed E-state index contributed by atoms with van der Waals surface area (Å²) in [7, 11) is 3.50. The van der Waals surface area contributed by atoms with Crippen molar-refractivity contribution >= 4 is 11.9 Å². The SMILES string of the molecule is CCC=CCC=CCC=CCC=CCC=CCCCC(=O)N(C)[C@H]1C[C@@H](C)O[C@@H](O[C@@H]2[C@@H](C)[C@H](O)[C@@H](C)C(=O)O[C@H](CC)[C@@](C)(O)[C@H](O)[C@@H](C)N(C)C[C@H](C)C[C@@]2(C)O)[C@@H]1O. The first kappa shape index (κ1) is 54.5. The van der Waals surface area contributed by atoms with Crippen molar-refractivity contribution in [3.63, 3.8) is 0 Å². The quantitative estimate of drug-likeness (QED) is 0.0593. The van der Waals surface area contributed by atoms with Crippen LogP contribution in [0.25, 0.3) is 0 Å². The zero-order chi connectivity index (χ0) is 45.9. The van der Waals surface area contributed by atoms with E-state index in [1.54, 1.807) is 39.6 Å². The summed E-state index contributed by atoms with van der Waals surface area (Å²) < 4.78 is 18.5. The van der Waals surface area contributed by atoms with Crippen LogP contribution in [-0.2, 0) is 23.8 Å². The highest BCUT2D eigenvalue weighted by Gasteiger charge is 2.50. The van der Waals surface area contributed by atoms with Crippen LogP contribution in [0.2, 0.25) is 0 Å². The average Bonchev–Trinajstić information content (AvgIpc) is 3.21. The van der Waals surface area contributed by atoms with Crippen LogP contribution in [-0.4, -0.2) is 134 Å². The number of amides is 1. The maximum Gasteiger partial charge on any atom is 0.311 e. The predicted molar refractivity (Wildman–Crippen MR) is 242 cm³/mol. The Labute approximate surface area is 368 Å². The summed E-state index contributed by atoms with van der Waals surface area (Å²) in [6.07, 6.45) is 21.0. The molecule has 12 nitrogen and oxygen atoms in total. The van der Waals surface area contributed by atoms with E-state index < -0.39 is 84.0 Å². The van der Waals surface area contributed by atoms with Crippen molar-refractivity contribution in [2.24, 2.45) is 17.8 Å². The second-order valence-corrected chi connectivity index (χ2v) is 18.3. The van der Waals surface area contributed by atoms with Gasteiger partial charge in [0.2, 0.25) is 5.91 Å². The van der Waals surface area contributed by atoms with Gasteiger partial charge in [0.05, 0.1) is 35.9 Å². The topological polar surface area (TPSA) is 169 Å². The first-order valence-corrected chi connectivity index (χ1v) is 22.9. The van der Waals surface area contributed by atoms with Crippen molar-refractivity contribution in [2.75, 3.05) is 20.6 Å². The Kier molecular flexibility index (Phi) is 24.0. The Hall–Kier alpha value is -2.68. The van der Waals surface area contributed by atoms with Gasteiger partial charge in [-0.2, -0.15) is 0 Å². The fraction of sp³-hybridized carbons (Fsp3) is 0.755. The second kappa shape index (κ2) is 26.8. The monoisotopic (exact) mass is 861 g/mol. The average molecular weight is 861 g/mol. The van der Waals surface area contributed by atoms with Crippen molar-refractivity contribution < 1.29 is 49.3 Å². The summed E-state index contributed by atoms with van der Waals surface area (Å²) in [5.74, 6) is -3.03. The molecule has 2 heterocycles. The van der Waals surface area contributed by atoms with Gasteiger partial charge in [-0.3, -0.25) is 9.59 Å². The third kappa shape index (κ3) is 17.1. The molecule has 0 radical (unpaired) electrons. The molecule has 2 aliphatic heterocycles. The molecule has 12 heteroatoms. The Balaban J connectivity index is 2.12. The van der Waals surface area contributed by atoms with E-state index in [1.165, 1.54) is 13.8 Å². The minimum atomic E-state index is -1.79. The maximum absolute atomic E-state index is 13.5. The molecule has 2 fully saturated rings. The Morgan fingerprint density at radius 3 is 1.95 bits per heavy atom. The number of likely N-dealkylation sites (N-methyl/N-ethyl adjacent to an activating group) is 2. The lowest BCUT2D eigenvalue weighted by molar-refractivity contribution is -0.299. The molecule has 350 valence electrons. The maximum atomic E-state index is 13.5. The summed E-state index contributed by atoms with van der Waals surface area (Å²) in [5.41, 5.74) is -3.39. The smallest absolute Gasteiger partial charge is 0.311 e. The van der Waals surface area contributed by atoms with E-state index in [0.29, 0.717) is 25.8 Å². The molecule has 14 atom stereocenters. The summed E-state index contributed by atoms with van der Waals surface area (Å²) in [6, 6.07) is -1.17. The number of unbranched alkanes of at least 4 members (excludes halogenated alkanes) is 1. The van der Waals surface area contributed by atoms with E-state index in [9.17, 15) is 35.1 Å². The standard InChI is InChI=1S/C49H84N2O10/c1-12-14-15-16-17-18-19-20-21-22-23-24-25-26-27-28-29-30-41(52)51(11)39-31-35(4)59-47(43(39)54)61-45-36(5)42(53)37(6)46(56)60-40(13-2)49(9,58)44(55)38(7)50(10)33-34(3)32-48(45,8)57/h14-15,17-18,20-21,23-24,26-27,34-40,42-45,47,53-55,57-58H,12-13,16,19,22,25,28-33H2,1-11H3/t34-,35-,36+,37-,38-,39+,40-,42+,43-,44-,45-,47+,48-,49-/m1/s1. The van der Waals surface area contributed by atoms with Gasteiger partial charge in [-0.05, 0) is 112 Å². The number of cyclic esters (lactones) is 1. The van der Waals surface area contributed by atoms with Gasteiger partial charge in [0.15, 0.2) is 6.29 Å². The lowest BCUT2D eigenvalue weighted by Crippen LogP contribution is -2.60. The third-order valence-corrected chi connectivity index (χ3v) is 12.6. The lowest BCUT2D eigenvalue weighted by Gasteiger charge is -2.47. The molecule has 0 spiro atoms. The van der Waals surface area contributed by atoms with Gasteiger partial charge in [0, 0.05) is 32.0 Å². The Bertz CT molecular complexity index is 1440. The van der Waals surface area contributed by atoms with E-state index in [4.69, 9.17) is 14.2 Å². The van der Waals surface area contributed by atoms with Gasteiger partial charge in [0.1, 0.15) is 23.9 Å². The van der Waals surface area contributed by atoms with Gasteiger partial charge in [-0.25, -0.2) is 0 Å². The molecule has 2 aliphatic rings. The van der Waals surface area contributed by atoms with Gasteiger partial charge < -0.3 is 49.5 Å². The number of aliphatic hydroxyl groups is 5. The van der Waals surface area contributed by atoms with Crippen LogP contribution in [0.4, 0.5) is 0 Å². The minimum absolute atomic E-state index is 0.108. The largest absolute Gasteiger partial charge is 0.459 e. The number of hydrogen-bond donors (Lipinski definition) is 5. The molecule has 5 N–H and O–H groups in total.